The molecule has 9 nitrogen and oxygen atoms in total. The van der Waals surface area contributed by atoms with Gasteiger partial charge in [0.25, 0.3) is 5.91 Å². The van der Waals surface area contributed by atoms with Crippen molar-refractivity contribution in [1.29, 1.82) is 0 Å². The number of benzene rings is 1. The average molecular weight is 435 g/mol. The van der Waals surface area contributed by atoms with Gasteiger partial charge in [0, 0.05) is 39.0 Å². The number of anilines is 1. The number of methoxy groups -OCH3 is 1. The average Bonchev–Trinajstić information content (AvgIpc) is 3.13. The van der Waals surface area contributed by atoms with Crippen LogP contribution in [-0.2, 0) is 19.4 Å². The summed E-state index contributed by atoms with van der Waals surface area (Å²) in [5.74, 6) is 0.393. The molecule has 10 heteroatoms. The molecule has 162 valence electrons. The molecular weight excluding hydrogens is 408 g/mol. The molecule has 0 unspecified atom stereocenters. The molecule has 0 bridgehead atoms. The van der Waals surface area contributed by atoms with Crippen LogP contribution in [0.15, 0.2) is 29.4 Å². The Balaban J connectivity index is 1.42. The Hall–Kier alpha value is -2.62. The Labute approximate surface area is 176 Å². The highest BCUT2D eigenvalue weighted by Crippen LogP contribution is 2.28. The fourth-order valence-electron chi connectivity index (χ4n) is 4.20. The van der Waals surface area contributed by atoms with Crippen molar-refractivity contribution in [3.63, 3.8) is 0 Å². The molecule has 3 heterocycles. The molecule has 2 amide bonds. The van der Waals surface area contributed by atoms with Gasteiger partial charge in [-0.25, -0.2) is 13.4 Å². The predicted octanol–water partition coefficient (Wildman–Crippen LogP) is 0.509. The van der Waals surface area contributed by atoms with E-state index in [9.17, 15) is 18.0 Å². The first-order chi connectivity index (χ1) is 14.4. The molecule has 4 rings (SSSR count). The van der Waals surface area contributed by atoms with Gasteiger partial charge in [0.05, 0.1) is 30.3 Å². The number of hydrazone groups is 1. The van der Waals surface area contributed by atoms with Gasteiger partial charge in [-0.15, -0.1) is 0 Å². The molecule has 3 aliphatic heterocycles. The topological polar surface area (TPSA) is 99.6 Å². The third kappa shape index (κ3) is 4.14. The van der Waals surface area contributed by atoms with Gasteiger partial charge in [-0.05, 0) is 18.6 Å². The summed E-state index contributed by atoms with van der Waals surface area (Å²) in [6, 6.07) is 7.33. The third-order valence-corrected chi connectivity index (χ3v) is 7.60. The number of carbonyl (C=O) groups excluding carboxylic acids is 2. The minimum absolute atomic E-state index is 0.0607. The van der Waals surface area contributed by atoms with Crippen LogP contribution in [-0.4, -0.2) is 86.7 Å². The van der Waals surface area contributed by atoms with Crippen molar-refractivity contribution in [2.45, 2.75) is 25.3 Å². The highest BCUT2D eigenvalue weighted by molar-refractivity contribution is 7.91. The number of rotatable bonds is 4. The van der Waals surface area contributed by atoms with Crippen molar-refractivity contribution in [3.05, 3.63) is 24.3 Å². The van der Waals surface area contributed by atoms with Crippen LogP contribution in [0.3, 0.4) is 0 Å². The maximum atomic E-state index is 13.0. The normalized spacial score (nSPS) is 24.0. The van der Waals surface area contributed by atoms with E-state index < -0.39 is 15.9 Å². The van der Waals surface area contributed by atoms with Gasteiger partial charge in [0.2, 0.25) is 5.91 Å². The number of amides is 2. The molecule has 1 aromatic rings. The fourth-order valence-corrected chi connectivity index (χ4v) is 5.89. The van der Waals surface area contributed by atoms with Crippen molar-refractivity contribution in [1.82, 2.24) is 9.91 Å². The molecule has 2 saturated heterocycles. The summed E-state index contributed by atoms with van der Waals surface area (Å²) < 4.78 is 29.0. The first-order valence-corrected chi connectivity index (χ1v) is 12.0. The van der Waals surface area contributed by atoms with E-state index in [1.54, 1.807) is 12.0 Å². The van der Waals surface area contributed by atoms with Crippen LogP contribution in [0, 0.1) is 0 Å². The van der Waals surface area contributed by atoms with Gasteiger partial charge in [0.15, 0.2) is 9.84 Å². The summed E-state index contributed by atoms with van der Waals surface area (Å²) in [7, 11) is -1.50. The molecule has 0 N–H and O–H groups in total. The lowest BCUT2D eigenvalue weighted by Gasteiger charge is -2.37. The summed E-state index contributed by atoms with van der Waals surface area (Å²) in [5.41, 5.74) is 1.34. The first-order valence-electron chi connectivity index (χ1n) is 10.1. The highest BCUT2D eigenvalue weighted by Gasteiger charge is 2.38. The van der Waals surface area contributed by atoms with Crippen LogP contribution in [0.1, 0.15) is 19.3 Å². The minimum atomic E-state index is -3.14. The quantitative estimate of drug-likeness (QED) is 0.685. The summed E-state index contributed by atoms with van der Waals surface area (Å²) in [6.07, 6.45) is 0.847. The molecule has 0 aromatic heterocycles. The molecule has 30 heavy (non-hydrogen) atoms. The Morgan fingerprint density at radius 3 is 2.53 bits per heavy atom. The van der Waals surface area contributed by atoms with Gasteiger partial charge >= 0.3 is 0 Å². The summed E-state index contributed by atoms with van der Waals surface area (Å²) in [4.78, 5) is 29.2. The molecule has 0 saturated carbocycles. The van der Waals surface area contributed by atoms with Gasteiger partial charge < -0.3 is 14.5 Å². The predicted molar refractivity (Wildman–Crippen MR) is 112 cm³/mol. The van der Waals surface area contributed by atoms with Gasteiger partial charge in [0.1, 0.15) is 11.5 Å². The zero-order valence-corrected chi connectivity index (χ0v) is 17.8. The van der Waals surface area contributed by atoms with E-state index in [-0.39, 0.29) is 29.7 Å². The number of piperazine rings is 1. The first kappa shape index (κ1) is 20.6. The van der Waals surface area contributed by atoms with Crippen LogP contribution in [0.25, 0.3) is 0 Å². The van der Waals surface area contributed by atoms with Crippen molar-refractivity contribution >= 4 is 33.1 Å². The Kier molecular flexibility index (Phi) is 5.68. The Morgan fingerprint density at radius 2 is 1.87 bits per heavy atom. The lowest BCUT2D eigenvalue weighted by Crippen LogP contribution is -2.52. The molecule has 3 aliphatic rings. The molecule has 0 radical (unpaired) electrons. The largest absolute Gasteiger partial charge is 0.495 e. The highest BCUT2D eigenvalue weighted by atomic mass is 32.2. The maximum absolute atomic E-state index is 13.0. The number of carbonyl (C=O) groups is 2. The van der Waals surface area contributed by atoms with Crippen molar-refractivity contribution in [2.75, 3.05) is 49.7 Å². The SMILES string of the molecule is COc1ccccc1N1CCN(C(=O)C2=NN([C@H]3CCS(=O)(=O)C3)C(=O)CC2)CC1. The van der Waals surface area contributed by atoms with Crippen LogP contribution in [0.5, 0.6) is 5.75 Å². The molecule has 0 aliphatic carbocycles. The number of hydrogen-bond donors (Lipinski definition) is 0. The number of nitrogens with zero attached hydrogens (tertiary/aromatic N) is 4. The molecule has 1 aromatic carbocycles. The summed E-state index contributed by atoms with van der Waals surface area (Å²) in [6.45, 7) is 2.43. The maximum Gasteiger partial charge on any atom is 0.270 e. The minimum Gasteiger partial charge on any atom is -0.495 e. The van der Waals surface area contributed by atoms with Crippen LogP contribution >= 0.6 is 0 Å². The Bertz CT molecular complexity index is 969. The monoisotopic (exact) mass is 434 g/mol. The van der Waals surface area contributed by atoms with Crippen molar-refractivity contribution in [2.24, 2.45) is 5.10 Å². The van der Waals surface area contributed by atoms with E-state index >= 15 is 0 Å². The summed E-state index contributed by atoms with van der Waals surface area (Å²) >= 11 is 0. The lowest BCUT2D eigenvalue weighted by molar-refractivity contribution is -0.134. The molecule has 1 atom stereocenters. The van der Waals surface area contributed by atoms with Gasteiger partial charge in [-0.2, -0.15) is 5.10 Å². The summed E-state index contributed by atoms with van der Waals surface area (Å²) in [5, 5.41) is 5.54. The molecule has 2 fully saturated rings. The van der Waals surface area contributed by atoms with Crippen LogP contribution in [0.4, 0.5) is 5.69 Å². The van der Waals surface area contributed by atoms with Gasteiger partial charge in [-0.3, -0.25) is 9.59 Å². The fraction of sp³-hybridized carbons (Fsp3) is 0.550. The number of hydrogen-bond acceptors (Lipinski definition) is 7. The Morgan fingerprint density at radius 1 is 1.13 bits per heavy atom. The van der Waals surface area contributed by atoms with E-state index in [2.05, 4.69) is 10.0 Å². The van der Waals surface area contributed by atoms with E-state index in [1.807, 2.05) is 24.3 Å². The number of ether oxygens (including phenoxy) is 1. The van der Waals surface area contributed by atoms with E-state index in [0.717, 1.165) is 11.4 Å². The van der Waals surface area contributed by atoms with Crippen molar-refractivity contribution in [3.8, 4) is 5.75 Å². The second kappa shape index (κ2) is 8.25. The number of para-hydroxylation sites is 2. The smallest absolute Gasteiger partial charge is 0.270 e. The second-order valence-corrected chi connectivity index (χ2v) is 10.0. The van der Waals surface area contributed by atoms with E-state index in [4.69, 9.17) is 4.74 Å². The number of sulfone groups is 1. The third-order valence-electron chi connectivity index (χ3n) is 5.85. The van der Waals surface area contributed by atoms with E-state index in [0.29, 0.717) is 44.7 Å². The molecule has 0 spiro atoms. The van der Waals surface area contributed by atoms with Gasteiger partial charge in [-0.1, -0.05) is 12.1 Å². The lowest BCUT2D eigenvalue weighted by atomic mass is 10.1. The molecular formula is C20H26N4O5S. The second-order valence-electron chi connectivity index (χ2n) is 7.79. The van der Waals surface area contributed by atoms with Crippen LogP contribution < -0.4 is 9.64 Å². The zero-order chi connectivity index (χ0) is 21.3. The standard InChI is InChI=1S/C20H26N4O5S/c1-29-18-5-3-2-4-17(18)22-9-11-23(12-10-22)20(26)16-6-7-19(25)24(21-16)15-8-13-30(27,28)14-15/h2-5,15H,6-14H2,1H3/t15-/m0/s1. The van der Waals surface area contributed by atoms with E-state index in [1.165, 1.54) is 5.01 Å². The zero-order valence-electron chi connectivity index (χ0n) is 17.0. The van der Waals surface area contributed by atoms with Crippen molar-refractivity contribution < 1.29 is 22.7 Å². The van der Waals surface area contributed by atoms with Crippen LogP contribution in [0.2, 0.25) is 0 Å².